The molecule has 0 bridgehead atoms. The Kier molecular flexibility index (Phi) is 4.02. The number of Topliss-reactive ketones (excluding diaryl/α,β-unsaturated/α-hetero) is 1. The van der Waals surface area contributed by atoms with Gasteiger partial charge in [0.1, 0.15) is 6.61 Å². The van der Waals surface area contributed by atoms with Crippen molar-refractivity contribution in [3.05, 3.63) is 89.4 Å². The quantitative estimate of drug-likeness (QED) is 0.697. The van der Waals surface area contributed by atoms with Crippen molar-refractivity contribution in [2.75, 3.05) is 6.61 Å². The maximum Gasteiger partial charge on any atom is 0.337 e. The fraction of sp³-hybridized carbons (Fsp3) is 0.125. The third-order valence-corrected chi connectivity index (χ3v) is 5.48. The van der Waals surface area contributed by atoms with Gasteiger partial charge in [-0.15, -0.1) is 0 Å². The van der Waals surface area contributed by atoms with E-state index >= 15 is 0 Å². The highest BCUT2D eigenvalue weighted by Crippen LogP contribution is 2.42. The standard InChI is InChI=1S/C24H18N2O3/c1-14(27)19-12-26-21-13-29-24(28)23(21)22(19)17-8-5-9-20-18(17)10-16(11-25-20)15-6-3-2-4-7-15/h2-12,22,26H,13H2,1H3. The molecule has 142 valence electrons. The molecule has 0 amide bonds. The van der Waals surface area contributed by atoms with Crippen LogP contribution in [0.25, 0.3) is 22.0 Å². The molecule has 0 radical (unpaired) electrons. The van der Waals surface area contributed by atoms with Gasteiger partial charge in [-0.2, -0.15) is 0 Å². The Morgan fingerprint density at radius 3 is 2.72 bits per heavy atom. The minimum atomic E-state index is -0.477. The number of hydrogen-bond acceptors (Lipinski definition) is 5. The summed E-state index contributed by atoms with van der Waals surface area (Å²) in [5, 5.41) is 3.98. The number of pyridine rings is 1. The van der Waals surface area contributed by atoms with E-state index in [2.05, 4.69) is 16.4 Å². The lowest BCUT2D eigenvalue weighted by Gasteiger charge is -2.25. The lowest BCUT2D eigenvalue weighted by atomic mass is 9.79. The zero-order valence-corrected chi connectivity index (χ0v) is 15.8. The van der Waals surface area contributed by atoms with Crippen molar-refractivity contribution in [3.8, 4) is 11.1 Å². The fourth-order valence-corrected chi connectivity index (χ4v) is 4.07. The topological polar surface area (TPSA) is 68.3 Å². The molecule has 0 spiro atoms. The average molecular weight is 382 g/mol. The Morgan fingerprint density at radius 2 is 1.93 bits per heavy atom. The normalized spacial score (nSPS) is 18.2. The first-order valence-electron chi connectivity index (χ1n) is 9.45. The van der Waals surface area contributed by atoms with Crippen LogP contribution in [0.15, 0.2) is 83.8 Å². The molecule has 1 aromatic heterocycles. The van der Waals surface area contributed by atoms with Gasteiger partial charge in [0.05, 0.1) is 16.8 Å². The van der Waals surface area contributed by atoms with Crippen LogP contribution in [0.5, 0.6) is 0 Å². The predicted molar refractivity (Wildman–Crippen MR) is 110 cm³/mol. The maximum atomic E-state index is 12.5. The molecule has 29 heavy (non-hydrogen) atoms. The Balaban J connectivity index is 1.74. The zero-order chi connectivity index (χ0) is 20.0. The number of fused-ring (bicyclic) bond motifs is 1. The summed E-state index contributed by atoms with van der Waals surface area (Å²) in [6.07, 6.45) is 3.54. The molecule has 2 aliphatic rings. The largest absolute Gasteiger partial charge is 0.456 e. The number of cyclic esters (lactones) is 1. The van der Waals surface area contributed by atoms with Gasteiger partial charge in [0, 0.05) is 34.8 Å². The molecule has 2 aromatic carbocycles. The highest BCUT2D eigenvalue weighted by molar-refractivity contribution is 6.04. The molecule has 0 saturated carbocycles. The smallest absolute Gasteiger partial charge is 0.337 e. The number of dihydropyridines is 1. The lowest BCUT2D eigenvalue weighted by molar-refractivity contribution is -0.136. The molecule has 1 atom stereocenters. The summed E-state index contributed by atoms with van der Waals surface area (Å²) in [6, 6.07) is 17.9. The van der Waals surface area contributed by atoms with E-state index in [-0.39, 0.29) is 18.4 Å². The van der Waals surface area contributed by atoms with Gasteiger partial charge in [0.25, 0.3) is 0 Å². The summed E-state index contributed by atoms with van der Waals surface area (Å²) >= 11 is 0. The predicted octanol–water partition coefficient (Wildman–Crippen LogP) is 3.87. The average Bonchev–Trinajstić information content (AvgIpc) is 3.14. The number of ketones is 1. The molecule has 0 fully saturated rings. The van der Waals surface area contributed by atoms with Crippen LogP contribution in [-0.4, -0.2) is 23.3 Å². The van der Waals surface area contributed by atoms with Gasteiger partial charge in [-0.25, -0.2) is 4.79 Å². The molecule has 2 aliphatic heterocycles. The number of nitrogens with one attached hydrogen (secondary N) is 1. The number of nitrogens with zero attached hydrogens (tertiary/aromatic N) is 1. The van der Waals surface area contributed by atoms with Crippen LogP contribution in [0, 0.1) is 0 Å². The number of allylic oxidation sites excluding steroid dienone is 1. The summed E-state index contributed by atoms with van der Waals surface area (Å²) in [4.78, 5) is 29.5. The fourth-order valence-electron chi connectivity index (χ4n) is 4.07. The van der Waals surface area contributed by atoms with Crippen LogP contribution in [-0.2, 0) is 14.3 Å². The second-order valence-corrected chi connectivity index (χ2v) is 7.21. The number of aromatic nitrogens is 1. The Morgan fingerprint density at radius 1 is 1.10 bits per heavy atom. The maximum absolute atomic E-state index is 12.5. The SMILES string of the molecule is CC(=O)C1=CNC2=C(C(=O)OC2)C1c1cccc2ncc(-c3ccccc3)cc12. The molecular formula is C24H18N2O3. The van der Waals surface area contributed by atoms with Crippen molar-refractivity contribution in [1.82, 2.24) is 10.3 Å². The third-order valence-electron chi connectivity index (χ3n) is 5.48. The van der Waals surface area contributed by atoms with Gasteiger partial charge < -0.3 is 10.1 Å². The number of hydrogen-bond donors (Lipinski definition) is 1. The molecule has 5 nitrogen and oxygen atoms in total. The first-order valence-corrected chi connectivity index (χ1v) is 9.45. The van der Waals surface area contributed by atoms with E-state index in [1.165, 1.54) is 6.92 Å². The van der Waals surface area contributed by atoms with E-state index in [1.54, 1.807) is 6.20 Å². The van der Waals surface area contributed by atoms with E-state index in [0.717, 1.165) is 27.6 Å². The van der Waals surface area contributed by atoms with E-state index in [1.807, 2.05) is 54.7 Å². The first kappa shape index (κ1) is 17.4. The summed E-state index contributed by atoms with van der Waals surface area (Å²) < 4.78 is 5.25. The van der Waals surface area contributed by atoms with E-state index in [0.29, 0.717) is 16.8 Å². The summed E-state index contributed by atoms with van der Waals surface area (Å²) in [7, 11) is 0. The molecule has 3 heterocycles. The minimum absolute atomic E-state index is 0.0853. The second kappa shape index (κ2) is 6.71. The molecular weight excluding hydrogens is 364 g/mol. The van der Waals surface area contributed by atoms with Crippen LogP contribution in [0.3, 0.4) is 0 Å². The van der Waals surface area contributed by atoms with Crippen molar-refractivity contribution < 1.29 is 14.3 Å². The van der Waals surface area contributed by atoms with E-state index in [4.69, 9.17) is 4.74 Å². The lowest BCUT2D eigenvalue weighted by Crippen LogP contribution is -2.25. The Labute approximate surface area is 167 Å². The van der Waals surface area contributed by atoms with Gasteiger partial charge in [-0.3, -0.25) is 9.78 Å². The van der Waals surface area contributed by atoms with E-state index < -0.39 is 5.92 Å². The first-order chi connectivity index (χ1) is 14.1. The van der Waals surface area contributed by atoms with Crippen molar-refractivity contribution in [2.24, 2.45) is 0 Å². The van der Waals surface area contributed by atoms with Crippen LogP contribution in [0.1, 0.15) is 18.4 Å². The number of benzene rings is 2. The number of ether oxygens (including phenoxy) is 1. The number of carbonyl (C=O) groups is 2. The van der Waals surface area contributed by atoms with Gasteiger partial charge in [-0.1, -0.05) is 42.5 Å². The second-order valence-electron chi connectivity index (χ2n) is 7.21. The molecule has 0 saturated heterocycles. The highest BCUT2D eigenvalue weighted by Gasteiger charge is 2.39. The summed E-state index contributed by atoms with van der Waals surface area (Å²) in [5.74, 6) is -0.943. The molecule has 1 N–H and O–H groups in total. The van der Waals surface area contributed by atoms with Crippen LogP contribution in [0.2, 0.25) is 0 Å². The van der Waals surface area contributed by atoms with Crippen molar-refractivity contribution in [2.45, 2.75) is 12.8 Å². The van der Waals surface area contributed by atoms with Crippen LogP contribution < -0.4 is 5.32 Å². The number of esters is 1. The summed E-state index contributed by atoms with van der Waals surface area (Å²) in [6.45, 7) is 1.72. The Hall–Kier alpha value is -3.73. The minimum Gasteiger partial charge on any atom is -0.456 e. The van der Waals surface area contributed by atoms with Crippen molar-refractivity contribution >= 4 is 22.7 Å². The summed E-state index contributed by atoms with van der Waals surface area (Å²) in [5.41, 5.74) is 5.50. The van der Waals surface area contributed by atoms with Gasteiger partial charge in [0.2, 0.25) is 0 Å². The number of rotatable bonds is 3. The monoisotopic (exact) mass is 382 g/mol. The Bertz CT molecular complexity index is 1230. The molecule has 0 aliphatic carbocycles. The molecule has 5 heteroatoms. The molecule has 1 unspecified atom stereocenters. The van der Waals surface area contributed by atoms with Crippen molar-refractivity contribution in [3.63, 3.8) is 0 Å². The highest BCUT2D eigenvalue weighted by atomic mass is 16.5. The van der Waals surface area contributed by atoms with Crippen molar-refractivity contribution in [1.29, 1.82) is 0 Å². The van der Waals surface area contributed by atoms with Crippen LogP contribution >= 0.6 is 0 Å². The molecule has 3 aromatic rings. The molecule has 5 rings (SSSR count). The van der Waals surface area contributed by atoms with E-state index in [9.17, 15) is 9.59 Å². The van der Waals surface area contributed by atoms with Gasteiger partial charge in [0.15, 0.2) is 5.78 Å². The van der Waals surface area contributed by atoms with Gasteiger partial charge in [-0.05, 0) is 30.2 Å². The third kappa shape index (κ3) is 2.83. The number of carbonyl (C=O) groups excluding carboxylic acids is 2. The van der Waals surface area contributed by atoms with Gasteiger partial charge >= 0.3 is 5.97 Å². The van der Waals surface area contributed by atoms with Crippen LogP contribution in [0.4, 0.5) is 0 Å². The zero-order valence-electron chi connectivity index (χ0n) is 15.8.